The molecule has 3 aromatic carbocycles. The first-order valence-electron chi connectivity index (χ1n) is 9.57. The van der Waals surface area contributed by atoms with Gasteiger partial charge in [0.05, 0.1) is 17.1 Å². The molecule has 0 aliphatic rings. The van der Waals surface area contributed by atoms with Crippen molar-refractivity contribution < 1.29 is 9.90 Å². The lowest BCUT2D eigenvalue weighted by molar-refractivity contribution is -0.112. The van der Waals surface area contributed by atoms with Gasteiger partial charge < -0.3 is 10.4 Å². The van der Waals surface area contributed by atoms with Gasteiger partial charge in [0.15, 0.2) is 0 Å². The second-order valence-corrected chi connectivity index (χ2v) is 6.72. The fourth-order valence-electron chi connectivity index (χ4n) is 3.10. The van der Waals surface area contributed by atoms with Crippen molar-refractivity contribution in [2.75, 3.05) is 5.32 Å². The molecular weight excluding hydrogens is 388 g/mol. The lowest BCUT2D eigenvalue weighted by Gasteiger charge is -2.06. The molecule has 6 heteroatoms. The van der Waals surface area contributed by atoms with E-state index in [1.807, 2.05) is 66.7 Å². The van der Waals surface area contributed by atoms with Gasteiger partial charge in [0.25, 0.3) is 5.91 Å². The number of phenolic OH excluding ortho intramolecular Hbond substituents is 1. The Hall–Kier alpha value is -4.63. The van der Waals surface area contributed by atoms with Crippen molar-refractivity contribution >= 4 is 17.7 Å². The molecule has 0 spiro atoms. The highest BCUT2D eigenvalue weighted by atomic mass is 16.3. The molecular formula is C25H18N4O2. The number of nitrogens with one attached hydrogen (secondary N) is 1. The highest BCUT2D eigenvalue weighted by molar-refractivity contribution is 6.10. The number of hydrogen-bond acceptors (Lipinski definition) is 4. The highest BCUT2D eigenvalue weighted by Gasteiger charge is 2.16. The van der Waals surface area contributed by atoms with E-state index in [2.05, 4.69) is 10.4 Å². The van der Waals surface area contributed by atoms with Crippen LogP contribution in [0, 0.1) is 11.3 Å². The molecule has 4 aromatic rings. The fourth-order valence-corrected chi connectivity index (χ4v) is 3.10. The quantitative estimate of drug-likeness (QED) is 0.283. The van der Waals surface area contributed by atoms with E-state index in [0.717, 1.165) is 11.3 Å². The molecule has 1 aromatic heterocycles. The largest absolute Gasteiger partial charge is 0.506 e. The summed E-state index contributed by atoms with van der Waals surface area (Å²) in [5.74, 6) is -0.689. The SMILES string of the molecule is N#CC(=Cc1cn(-c2ccccc2)nc1-c1ccccc1)C(=O)Nc1ccccc1O. The molecule has 0 saturated carbocycles. The van der Waals surface area contributed by atoms with Crippen LogP contribution in [0.1, 0.15) is 5.56 Å². The van der Waals surface area contributed by atoms with E-state index < -0.39 is 5.91 Å². The van der Waals surface area contributed by atoms with E-state index in [-0.39, 0.29) is 17.0 Å². The average molecular weight is 406 g/mol. The van der Waals surface area contributed by atoms with Crippen LogP contribution in [-0.4, -0.2) is 20.8 Å². The molecule has 0 saturated heterocycles. The minimum Gasteiger partial charge on any atom is -0.506 e. The van der Waals surface area contributed by atoms with Gasteiger partial charge in [-0.15, -0.1) is 0 Å². The van der Waals surface area contributed by atoms with Crippen molar-refractivity contribution in [3.05, 3.63) is 102 Å². The maximum Gasteiger partial charge on any atom is 0.266 e. The fraction of sp³-hybridized carbons (Fsp3) is 0. The van der Waals surface area contributed by atoms with Gasteiger partial charge in [0.1, 0.15) is 17.4 Å². The van der Waals surface area contributed by atoms with Crippen molar-refractivity contribution in [1.29, 1.82) is 5.26 Å². The van der Waals surface area contributed by atoms with Gasteiger partial charge in [-0.25, -0.2) is 4.68 Å². The molecule has 0 fully saturated rings. The van der Waals surface area contributed by atoms with E-state index >= 15 is 0 Å². The Bertz CT molecular complexity index is 1290. The third-order valence-corrected chi connectivity index (χ3v) is 4.63. The van der Waals surface area contributed by atoms with Gasteiger partial charge in [-0.1, -0.05) is 60.7 Å². The number of carbonyl (C=O) groups excluding carboxylic acids is 1. The number of para-hydroxylation sites is 3. The minimum absolute atomic E-state index is 0.0741. The van der Waals surface area contributed by atoms with Gasteiger partial charge in [-0.05, 0) is 30.3 Å². The number of nitriles is 1. The summed E-state index contributed by atoms with van der Waals surface area (Å²) in [7, 11) is 0. The molecule has 6 nitrogen and oxygen atoms in total. The number of anilines is 1. The maximum absolute atomic E-state index is 12.7. The molecule has 0 radical (unpaired) electrons. The van der Waals surface area contributed by atoms with Crippen molar-refractivity contribution in [2.45, 2.75) is 0 Å². The number of phenols is 1. The number of amides is 1. The van der Waals surface area contributed by atoms with Gasteiger partial charge in [-0.2, -0.15) is 10.4 Å². The van der Waals surface area contributed by atoms with Crippen molar-refractivity contribution in [2.24, 2.45) is 0 Å². The highest BCUT2D eigenvalue weighted by Crippen LogP contribution is 2.27. The molecule has 31 heavy (non-hydrogen) atoms. The summed E-state index contributed by atoms with van der Waals surface area (Å²) in [6.07, 6.45) is 3.28. The smallest absolute Gasteiger partial charge is 0.266 e. The first-order chi connectivity index (χ1) is 15.2. The Morgan fingerprint density at radius 1 is 0.968 bits per heavy atom. The molecule has 2 N–H and O–H groups in total. The number of carbonyl (C=O) groups is 1. The predicted octanol–water partition coefficient (Wildman–Crippen LogP) is 4.79. The monoisotopic (exact) mass is 406 g/mol. The number of aromatic hydroxyl groups is 1. The Morgan fingerprint density at radius 3 is 2.29 bits per heavy atom. The van der Waals surface area contributed by atoms with Crippen molar-refractivity contribution in [3.63, 3.8) is 0 Å². The number of rotatable bonds is 5. The Balaban J connectivity index is 1.75. The summed E-state index contributed by atoms with van der Waals surface area (Å²) in [6.45, 7) is 0. The van der Waals surface area contributed by atoms with Crippen LogP contribution in [0.25, 0.3) is 23.0 Å². The molecule has 0 aliphatic heterocycles. The number of hydrogen-bond donors (Lipinski definition) is 2. The minimum atomic E-state index is -0.615. The average Bonchev–Trinajstić information content (AvgIpc) is 3.24. The third-order valence-electron chi connectivity index (χ3n) is 4.63. The van der Waals surface area contributed by atoms with E-state index in [9.17, 15) is 15.2 Å². The number of aromatic nitrogens is 2. The first kappa shape index (κ1) is 19.7. The van der Waals surface area contributed by atoms with Crippen LogP contribution < -0.4 is 5.32 Å². The van der Waals surface area contributed by atoms with Crippen LogP contribution in [0.4, 0.5) is 5.69 Å². The Labute approximate surface area is 179 Å². The van der Waals surface area contributed by atoms with Gasteiger partial charge in [-0.3, -0.25) is 4.79 Å². The predicted molar refractivity (Wildman–Crippen MR) is 119 cm³/mol. The van der Waals surface area contributed by atoms with Crippen LogP contribution in [0.5, 0.6) is 5.75 Å². The molecule has 4 rings (SSSR count). The van der Waals surface area contributed by atoms with E-state index in [0.29, 0.717) is 11.3 Å². The summed E-state index contributed by atoms with van der Waals surface area (Å²) in [6, 6.07) is 27.4. The zero-order valence-corrected chi connectivity index (χ0v) is 16.4. The normalized spacial score (nSPS) is 11.0. The third kappa shape index (κ3) is 4.36. The summed E-state index contributed by atoms with van der Waals surface area (Å²) in [5, 5.41) is 26.8. The van der Waals surface area contributed by atoms with Crippen molar-refractivity contribution in [1.82, 2.24) is 9.78 Å². The zero-order valence-electron chi connectivity index (χ0n) is 16.4. The molecule has 1 heterocycles. The second kappa shape index (κ2) is 8.80. The lowest BCUT2D eigenvalue weighted by atomic mass is 10.1. The lowest BCUT2D eigenvalue weighted by Crippen LogP contribution is -2.13. The van der Waals surface area contributed by atoms with Crippen LogP contribution in [0.15, 0.2) is 96.7 Å². The standard InChI is InChI=1S/C25H18N4O2/c26-16-19(25(31)27-22-13-7-8-14-23(22)30)15-20-17-29(21-11-5-2-6-12-21)28-24(20)18-9-3-1-4-10-18/h1-15,17,30H,(H,27,31). The topological polar surface area (TPSA) is 90.9 Å². The van der Waals surface area contributed by atoms with E-state index in [1.54, 1.807) is 29.1 Å². The molecule has 0 unspecified atom stereocenters. The maximum atomic E-state index is 12.7. The van der Waals surface area contributed by atoms with Gasteiger partial charge in [0, 0.05) is 17.3 Å². The molecule has 0 atom stereocenters. The Morgan fingerprint density at radius 2 is 1.61 bits per heavy atom. The van der Waals surface area contributed by atoms with Crippen LogP contribution >= 0.6 is 0 Å². The van der Waals surface area contributed by atoms with Gasteiger partial charge >= 0.3 is 0 Å². The van der Waals surface area contributed by atoms with E-state index in [1.165, 1.54) is 12.1 Å². The summed E-state index contributed by atoms with van der Waals surface area (Å²) in [4.78, 5) is 12.7. The summed E-state index contributed by atoms with van der Waals surface area (Å²) < 4.78 is 1.71. The number of nitrogens with zero attached hydrogens (tertiary/aromatic N) is 3. The molecule has 0 bridgehead atoms. The van der Waals surface area contributed by atoms with Crippen molar-refractivity contribution in [3.8, 4) is 28.8 Å². The zero-order chi connectivity index (χ0) is 21.6. The van der Waals surface area contributed by atoms with Crippen LogP contribution in [0.2, 0.25) is 0 Å². The Kier molecular flexibility index (Phi) is 5.59. The van der Waals surface area contributed by atoms with Crippen LogP contribution in [-0.2, 0) is 4.79 Å². The molecule has 0 aliphatic carbocycles. The summed E-state index contributed by atoms with van der Waals surface area (Å²) >= 11 is 0. The number of benzene rings is 3. The van der Waals surface area contributed by atoms with Crippen LogP contribution in [0.3, 0.4) is 0 Å². The molecule has 150 valence electrons. The van der Waals surface area contributed by atoms with E-state index in [4.69, 9.17) is 0 Å². The second-order valence-electron chi connectivity index (χ2n) is 6.72. The first-order valence-corrected chi connectivity index (χ1v) is 9.57. The summed E-state index contributed by atoms with van der Waals surface area (Å²) in [5.41, 5.74) is 3.12. The molecule has 1 amide bonds. The van der Waals surface area contributed by atoms with Gasteiger partial charge in [0.2, 0.25) is 0 Å².